The Bertz CT molecular complexity index is 95.7. The summed E-state index contributed by atoms with van der Waals surface area (Å²) >= 11 is 0. The van der Waals surface area contributed by atoms with Crippen molar-refractivity contribution in [1.82, 2.24) is 5.32 Å². The minimum atomic E-state index is -0.812. The van der Waals surface area contributed by atoms with Gasteiger partial charge in [0.15, 0.2) is 0 Å². The second kappa shape index (κ2) is 6.51. The largest absolute Gasteiger partial charge is 0.480 e. The van der Waals surface area contributed by atoms with Crippen molar-refractivity contribution in [3.05, 3.63) is 0 Å². The lowest BCUT2D eigenvalue weighted by molar-refractivity contribution is -0.135. The number of carboxylic acid groups (broad SMARTS) is 1. The van der Waals surface area contributed by atoms with Gasteiger partial charge >= 0.3 is 5.97 Å². The molecule has 4 N–H and O–H groups in total. The van der Waals surface area contributed by atoms with Crippen LogP contribution in [0, 0.1) is 0 Å². The van der Waals surface area contributed by atoms with E-state index >= 15 is 0 Å². The molecule has 0 bridgehead atoms. The van der Waals surface area contributed by atoms with E-state index in [1.54, 1.807) is 0 Å². The maximum Gasteiger partial charge on any atom is 0.317 e. The molecule has 0 aliphatic heterocycles. The van der Waals surface area contributed by atoms with Crippen molar-refractivity contribution in [3.8, 4) is 0 Å². The lowest BCUT2D eigenvalue weighted by atomic mass is 10.3. The fourth-order valence-corrected chi connectivity index (χ4v) is 0.590. The highest BCUT2D eigenvalue weighted by atomic mass is 16.4. The molecule has 4 heteroatoms. The predicted octanol–water partition coefficient (Wildman–Crippen LogP) is -0.600. The Balaban J connectivity index is 2.84. The molecule has 60 valence electrons. The van der Waals surface area contributed by atoms with Gasteiger partial charge in [-0.1, -0.05) is 0 Å². The monoisotopic (exact) mass is 146 g/mol. The second-order valence-corrected chi connectivity index (χ2v) is 2.07. The van der Waals surface area contributed by atoms with Crippen molar-refractivity contribution in [1.29, 1.82) is 0 Å². The molecule has 0 heterocycles. The van der Waals surface area contributed by atoms with Crippen LogP contribution >= 0.6 is 0 Å². The summed E-state index contributed by atoms with van der Waals surface area (Å²) in [5, 5.41) is 10.9. The number of nitrogens with one attached hydrogen (secondary N) is 1. The average Bonchev–Trinajstić information content (AvgIpc) is 1.87. The lowest BCUT2D eigenvalue weighted by Gasteiger charge is -1.98. The van der Waals surface area contributed by atoms with Gasteiger partial charge < -0.3 is 16.2 Å². The van der Waals surface area contributed by atoms with E-state index in [0.717, 1.165) is 19.4 Å². The topological polar surface area (TPSA) is 75.3 Å². The van der Waals surface area contributed by atoms with Crippen LogP contribution in [0.2, 0.25) is 0 Å². The summed E-state index contributed by atoms with van der Waals surface area (Å²) in [7, 11) is 0. The number of hydrogen-bond acceptors (Lipinski definition) is 3. The fourth-order valence-electron chi connectivity index (χ4n) is 0.590. The van der Waals surface area contributed by atoms with Crippen LogP contribution in [0.4, 0.5) is 0 Å². The molecule has 0 saturated carbocycles. The quantitative estimate of drug-likeness (QED) is 0.437. The smallest absolute Gasteiger partial charge is 0.317 e. The van der Waals surface area contributed by atoms with Gasteiger partial charge in [0, 0.05) is 0 Å². The van der Waals surface area contributed by atoms with Gasteiger partial charge in [-0.2, -0.15) is 0 Å². The molecule has 0 aromatic heterocycles. The number of hydrogen-bond donors (Lipinski definition) is 3. The van der Waals surface area contributed by atoms with Crippen molar-refractivity contribution in [3.63, 3.8) is 0 Å². The molecule has 0 radical (unpaired) electrons. The molecular weight excluding hydrogens is 132 g/mol. The Morgan fingerprint density at radius 2 is 2.20 bits per heavy atom. The Kier molecular flexibility index (Phi) is 6.11. The molecule has 0 atom stereocenters. The first kappa shape index (κ1) is 9.39. The molecule has 4 nitrogen and oxygen atoms in total. The summed E-state index contributed by atoms with van der Waals surface area (Å²) in [6, 6.07) is 0. The zero-order valence-electron chi connectivity index (χ0n) is 5.97. The zero-order chi connectivity index (χ0) is 7.82. The van der Waals surface area contributed by atoms with Gasteiger partial charge in [-0.3, -0.25) is 4.79 Å². The van der Waals surface area contributed by atoms with Crippen molar-refractivity contribution >= 4 is 5.97 Å². The molecule has 0 saturated heterocycles. The van der Waals surface area contributed by atoms with E-state index in [-0.39, 0.29) is 6.54 Å². The van der Waals surface area contributed by atoms with Gasteiger partial charge in [-0.05, 0) is 25.9 Å². The van der Waals surface area contributed by atoms with Crippen LogP contribution < -0.4 is 11.1 Å². The Hall–Kier alpha value is -0.610. The summed E-state index contributed by atoms with van der Waals surface area (Å²) in [4.78, 5) is 9.94. The minimum Gasteiger partial charge on any atom is -0.480 e. The van der Waals surface area contributed by atoms with Gasteiger partial charge in [0.05, 0.1) is 6.54 Å². The van der Waals surface area contributed by atoms with Crippen molar-refractivity contribution in [2.24, 2.45) is 5.73 Å². The number of unbranched alkanes of at least 4 members (excludes halogenated alkanes) is 1. The fraction of sp³-hybridized carbons (Fsp3) is 0.833. The molecule has 0 spiro atoms. The van der Waals surface area contributed by atoms with E-state index in [1.807, 2.05) is 0 Å². The third-order valence-corrected chi connectivity index (χ3v) is 1.08. The van der Waals surface area contributed by atoms with Crippen molar-refractivity contribution in [2.45, 2.75) is 12.8 Å². The summed E-state index contributed by atoms with van der Waals surface area (Å²) in [6.07, 6.45) is 1.90. The Labute approximate surface area is 60.4 Å². The number of nitrogens with two attached hydrogens (primary N) is 1. The van der Waals surface area contributed by atoms with E-state index < -0.39 is 5.97 Å². The molecule has 0 amide bonds. The second-order valence-electron chi connectivity index (χ2n) is 2.07. The van der Waals surface area contributed by atoms with Gasteiger partial charge in [0.25, 0.3) is 0 Å². The molecule has 0 fully saturated rings. The SMILES string of the molecule is NCCCCNCC(=O)O. The maximum atomic E-state index is 9.94. The van der Waals surface area contributed by atoms with Gasteiger partial charge in [0.1, 0.15) is 0 Å². The average molecular weight is 146 g/mol. The highest BCUT2D eigenvalue weighted by Crippen LogP contribution is 1.80. The first-order valence-electron chi connectivity index (χ1n) is 3.40. The van der Waals surface area contributed by atoms with Gasteiger partial charge in [0.2, 0.25) is 0 Å². The highest BCUT2D eigenvalue weighted by Gasteiger charge is 1.92. The van der Waals surface area contributed by atoms with Crippen LogP contribution in [0.5, 0.6) is 0 Å². The van der Waals surface area contributed by atoms with Crippen LogP contribution in [0.1, 0.15) is 12.8 Å². The summed E-state index contributed by atoms with van der Waals surface area (Å²) in [6.45, 7) is 1.46. The Morgan fingerprint density at radius 3 is 2.70 bits per heavy atom. The molecular formula is C6H14N2O2. The third-order valence-electron chi connectivity index (χ3n) is 1.08. The standard InChI is InChI=1S/C6H14N2O2/c7-3-1-2-4-8-5-6(9)10/h8H,1-5,7H2,(H,9,10). The van der Waals surface area contributed by atoms with Crippen LogP contribution in [0.3, 0.4) is 0 Å². The number of rotatable bonds is 6. The lowest BCUT2D eigenvalue weighted by Crippen LogP contribution is -2.23. The van der Waals surface area contributed by atoms with E-state index in [1.165, 1.54) is 0 Å². The van der Waals surface area contributed by atoms with Crippen LogP contribution in [0.15, 0.2) is 0 Å². The van der Waals surface area contributed by atoms with Crippen LogP contribution in [-0.2, 0) is 4.79 Å². The first-order valence-corrected chi connectivity index (χ1v) is 3.40. The van der Waals surface area contributed by atoms with E-state index in [4.69, 9.17) is 10.8 Å². The predicted molar refractivity (Wildman–Crippen MR) is 38.8 cm³/mol. The molecule has 0 unspecified atom stereocenters. The molecule has 0 aromatic carbocycles. The summed E-state index contributed by atoms with van der Waals surface area (Å²) in [5.41, 5.74) is 5.23. The number of aliphatic carboxylic acids is 1. The first-order chi connectivity index (χ1) is 4.77. The minimum absolute atomic E-state index is 0.0462. The third kappa shape index (κ3) is 7.39. The van der Waals surface area contributed by atoms with E-state index in [2.05, 4.69) is 5.32 Å². The van der Waals surface area contributed by atoms with Crippen LogP contribution in [0.25, 0.3) is 0 Å². The zero-order valence-corrected chi connectivity index (χ0v) is 5.97. The maximum absolute atomic E-state index is 9.94. The van der Waals surface area contributed by atoms with Crippen LogP contribution in [-0.4, -0.2) is 30.7 Å². The van der Waals surface area contributed by atoms with Crippen molar-refractivity contribution < 1.29 is 9.90 Å². The van der Waals surface area contributed by atoms with E-state index in [9.17, 15) is 4.79 Å². The Morgan fingerprint density at radius 1 is 1.50 bits per heavy atom. The summed E-state index contributed by atoms with van der Waals surface area (Å²) < 4.78 is 0. The molecule has 10 heavy (non-hydrogen) atoms. The van der Waals surface area contributed by atoms with Crippen molar-refractivity contribution in [2.75, 3.05) is 19.6 Å². The van der Waals surface area contributed by atoms with E-state index in [0.29, 0.717) is 6.54 Å². The number of carbonyl (C=O) groups is 1. The molecule has 0 aliphatic carbocycles. The van der Waals surface area contributed by atoms with Gasteiger partial charge in [-0.25, -0.2) is 0 Å². The molecule has 0 aliphatic rings. The molecule has 0 rings (SSSR count). The highest BCUT2D eigenvalue weighted by molar-refractivity contribution is 5.68. The number of carboxylic acids is 1. The van der Waals surface area contributed by atoms with Gasteiger partial charge in [-0.15, -0.1) is 0 Å². The summed E-state index contributed by atoms with van der Waals surface area (Å²) in [5.74, 6) is -0.812. The molecule has 0 aromatic rings. The normalized spacial score (nSPS) is 9.70.